The van der Waals surface area contributed by atoms with Crippen molar-refractivity contribution >= 4 is 5.97 Å². The van der Waals surface area contributed by atoms with Gasteiger partial charge >= 0.3 is 5.97 Å². The highest BCUT2D eigenvalue weighted by Gasteiger charge is 2.20. The van der Waals surface area contributed by atoms with Crippen molar-refractivity contribution in [2.24, 2.45) is 0 Å². The molecule has 1 rings (SSSR count). The van der Waals surface area contributed by atoms with Gasteiger partial charge in [0.1, 0.15) is 5.69 Å². The number of hydrogen-bond acceptors (Lipinski definition) is 4. The number of methoxy groups -OCH3 is 1. The summed E-state index contributed by atoms with van der Waals surface area (Å²) >= 11 is 0. The molecule has 1 atom stereocenters. The van der Waals surface area contributed by atoms with Gasteiger partial charge < -0.3 is 20.1 Å². The van der Waals surface area contributed by atoms with E-state index < -0.39 is 0 Å². The smallest absolute Gasteiger partial charge is 0.354 e. The lowest BCUT2D eigenvalue weighted by Gasteiger charge is -2.27. The van der Waals surface area contributed by atoms with Gasteiger partial charge in [-0.1, -0.05) is 6.92 Å². The zero-order valence-corrected chi connectivity index (χ0v) is 10.5. The fourth-order valence-corrected chi connectivity index (χ4v) is 1.37. The van der Waals surface area contributed by atoms with Crippen molar-refractivity contribution in [2.45, 2.75) is 32.4 Å². The van der Waals surface area contributed by atoms with Crippen molar-refractivity contribution in [3.63, 3.8) is 0 Å². The molecule has 0 bridgehead atoms. The number of ether oxygens (including phenoxy) is 1. The lowest BCUT2D eigenvalue weighted by molar-refractivity contribution is 0.0594. The first-order valence-corrected chi connectivity index (χ1v) is 5.66. The topological polar surface area (TPSA) is 74.3 Å². The Morgan fingerprint density at radius 3 is 2.82 bits per heavy atom. The van der Waals surface area contributed by atoms with E-state index in [1.54, 1.807) is 6.07 Å². The first-order valence-electron chi connectivity index (χ1n) is 5.66. The number of esters is 1. The maximum atomic E-state index is 11.2. The van der Waals surface area contributed by atoms with Gasteiger partial charge in [0.05, 0.1) is 13.7 Å². The number of carbonyl (C=O) groups is 1. The minimum atomic E-state index is -0.378. The highest BCUT2D eigenvalue weighted by atomic mass is 16.5. The molecule has 1 aromatic rings. The Bertz CT molecular complexity index is 370. The second-order valence-corrected chi connectivity index (χ2v) is 4.31. The molecule has 0 spiro atoms. The van der Waals surface area contributed by atoms with E-state index in [1.807, 2.05) is 19.9 Å². The minimum absolute atomic E-state index is 0.0774. The number of nitrogens with one attached hydrogen (secondary N) is 2. The lowest BCUT2D eigenvalue weighted by Crippen LogP contribution is -2.44. The molecule has 1 unspecified atom stereocenters. The van der Waals surface area contributed by atoms with Gasteiger partial charge in [-0.05, 0) is 25.5 Å². The zero-order chi connectivity index (χ0) is 12.9. The standard InChI is InChI=1S/C12H20N2O3/c1-4-12(2,8-15)13-7-9-5-6-10(14-9)11(16)17-3/h5-6,13-15H,4,7-8H2,1-3H3. The van der Waals surface area contributed by atoms with Gasteiger partial charge in [0.2, 0.25) is 0 Å². The molecular formula is C12H20N2O3. The summed E-state index contributed by atoms with van der Waals surface area (Å²) in [7, 11) is 1.35. The molecule has 0 aromatic carbocycles. The number of aliphatic hydroxyl groups excluding tert-OH is 1. The summed E-state index contributed by atoms with van der Waals surface area (Å²) in [6, 6.07) is 3.51. The van der Waals surface area contributed by atoms with Crippen LogP contribution in [0.4, 0.5) is 0 Å². The Hall–Kier alpha value is -1.33. The van der Waals surface area contributed by atoms with E-state index in [0.717, 1.165) is 12.1 Å². The average Bonchev–Trinajstić information content (AvgIpc) is 2.84. The second kappa shape index (κ2) is 5.84. The van der Waals surface area contributed by atoms with Crippen LogP contribution in [0.15, 0.2) is 12.1 Å². The van der Waals surface area contributed by atoms with Gasteiger partial charge in [0.15, 0.2) is 0 Å². The van der Waals surface area contributed by atoms with Crippen molar-refractivity contribution in [3.8, 4) is 0 Å². The molecule has 0 aliphatic heterocycles. The molecule has 1 heterocycles. The molecule has 0 aliphatic rings. The molecule has 5 heteroatoms. The van der Waals surface area contributed by atoms with Crippen molar-refractivity contribution in [1.29, 1.82) is 0 Å². The van der Waals surface area contributed by atoms with Gasteiger partial charge in [0.25, 0.3) is 0 Å². The lowest BCUT2D eigenvalue weighted by atomic mass is 10.0. The van der Waals surface area contributed by atoms with Crippen LogP contribution in [0.25, 0.3) is 0 Å². The molecule has 17 heavy (non-hydrogen) atoms. The minimum Gasteiger partial charge on any atom is -0.464 e. The van der Waals surface area contributed by atoms with Crippen LogP contribution in [-0.4, -0.2) is 35.3 Å². The van der Waals surface area contributed by atoms with E-state index in [-0.39, 0.29) is 18.1 Å². The summed E-state index contributed by atoms with van der Waals surface area (Å²) in [6.45, 7) is 4.62. The fraction of sp³-hybridized carbons (Fsp3) is 0.583. The zero-order valence-electron chi connectivity index (χ0n) is 10.5. The SMILES string of the molecule is CCC(C)(CO)NCc1ccc(C(=O)OC)[nH]1. The quantitative estimate of drug-likeness (QED) is 0.650. The summed E-state index contributed by atoms with van der Waals surface area (Å²) in [5.41, 5.74) is 1.03. The molecule has 0 aliphatic carbocycles. The van der Waals surface area contributed by atoms with Crippen LogP contribution in [-0.2, 0) is 11.3 Å². The first kappa shape index (κ1) is 13.7. The van der Waals surface area contributed by atoms with Gasteiger partial charge in [-0.2, -0.15) is 0 Å². The molecular weight excluding hydrogens is 220 g/mol. The van der Waals surface area contributed by atoms with Gasteiger partial charge in [-0.15, -0.1) is 0 Å². The number of aromatic nitrogens is 1. The first-order chi connectivity index (χ1) is 8.04. The Balaban J connectivity index is 2.58. The number of H-pyrrole nitrogens is 1. The predicted octanol–water partition coefficient (Wildman–Crippen LogP) is 1.05. The van der Waals surface area contributed by atoms with E-state index >= 15 is 0 Å². The van der Waals surface area contributed by atoms with E-state index in [0.29, 0.717) is 12.2 Å². The Labute approximate surface area is 101 Å². The maximum absolute atomic E-state index is 11.2. The summed E-state index contributed by atoms with van der Waals surface area (Å²) in [6.07, 6.45) is 0.827. The van der Waals surface area contributed by atoms with Crippen LogP contribution in [0, 0.1) is 0 Å². The van der Waals surface area contributed by atoms with Gasteiger partial charge in [0, 0.05) is 17.8 Å². The number of carbonyl (C=O) groups excluding carboxylic acids is 1. The monoisotopic (exact) mass is 240 g/mol. The third kappa shape index (κ3) is 3.57. The normalized spacial score (nSPS) is 14.4. The Kier molecular flexibility index (Phi) is 4.72. The van der Waals surface area contributed by atoms with Crippen molar-refractivity contribution in [3.05, 3.63) is 23.5 Å². The third-order valence-corrected chi connectivity index (χ3v) is 2.99. The number of rotatable bonds is 6. The molecule has 3 N–H and O–H groups in total. The Morgan fingerprint density at radius 2 is 2.29 bits per heavy atom. The molecule has 0 fully saturated rings. The highest BCUT2D eigenvalue weighted by Crippen LogP contribution is 2.10. The van der Waals surface area contributed by atoms with E-state index in [4.69, 9.17) is 0 Å². The van der Waals surface area contributed by atoms with E-state index in [9.17, 15) is 9.90 Å². The van der Waals surface area contributed by atoms with Crippen LogP contribution < -0.4 is 5.32 Å². The van der Waals surface area contributed by atoms with Crippen LogP contribution in [0.5, 0.6) is 0 Å². The number of aromatic amines is 1. The second-order valence-electron chi connectivity index (χ2n) is 4.31. The Morgan fingerprint density at radius 1 is 1.59 bits per heavy atom. The molecule has 96 valence electrons. The van der Waals surface area contributed by atoms with Crippen LogP contribution in [0.1, 0.15) is 36.5 Å². The summed E-state index contributed by atoms with van der Waals surface area (Å²) in [5.74, 6) is -0.378. The molecule has 0 radical (unpaired) electrons. The van der Waals surface area contributed by atoms with Crippen LogP contribution in [0.3, 0.4) is 0 Å². The predicted molar refractivity (Wildman–Crippen MR) is 64.8 cm³/mol. The van der Waals surface area contributed by atoms with Crippen molar-refractivity contribution in [1.82, 2.24) is 10.3 Å². The largest absolute Gasteiger partial charge is 0.464 e. The maximum Gasteiger partial charge on any atom is 0.354 e. The average molecular weight is 240 g/mol. The molecule has 1 aromatic heterocycles. The summed E-state index contributed by atoms with van der Waals surface area (Å²) in [5, 5.41) is 12.5. The third-order valence-electron chi connectivity index (χ3n) is 2.99. The van der Waals surface area contributed by atoms with Crippen LogP contribution >= 0.6 is 0 Å². The van der Waals surface area contributed by atoms with Gasteiger partial charge in [-0.25, -0.2) is 4.79 Å². The van der Waals surface area contributed by atoms with Crippen LogP contribution in [0.2, 0.25) is 0 Å². The molecule has 0 saturated carbocycles. The highest BCUT2D eigenvalue weighted by molar-refractivity contribution is 5.87. The molecule has 0 saturated heterocycles. The van der Waals surface area contributed by atoms with E-state index in [1.165, 1.54) is 7.11 Å². The summed E-state index contributed by atoms with van der Waals surface area (Å²) in [4.78, 5) is 14.2. The number of aliphatic hydroxyl groups is 1. The van der Waals surface area contributed by atoms with Gasteiger partial charge in [-0.3, -0.25) is 0 Å². The van der Waals surface area contributed by atoms with Crippen molar-refractivity contribution < 1.29 is 14.6 Å². The van der Waals surface area contributed by atoms with Crippen molar-refractivity contribution in [2.75, 3.05) is 13.7 Å². The summed E-state index contributed by atoms with van der Waals surface area (Å²) < 4.78 is 4.61. The fourth-order valence-electron chi connectivity index (χ4n) is 1.37. The molecule has 5 nitrogen and oxygen atoms in total. The number of hydrogen-bond donors (Lipinski definition) is 3. The molecule has 0 amide bonds. The van der Waals surface area contributed by atoms with E-state index in [2.05, 4.69) is 15.0 Å².